The normalized spacial score (nSPS) is 10.4. The zero-order valence-corrected chi connectivity index (χ0v) is 14.8. The maximum absolute atomic E-state index is 12.3. The van der Waals surface area contributed by atoms with Crippen LogP contribution in [0.5, 0.6) is 5.75 Å². The van der Waals surface area contributed by atoms with E-state index in [1.54, 1.807) is 39.1 Å². The van der Waals surface area contributed by atoms with Gasteiger partial charge in [-0.1, -0.05) is 18.2 Å². The minimum atomic E-state index is -1.06. The summed E-state index contributed by atoms with van der Waals surface area (Å²) in [6, 6.07) is 13.7. The predicted octanol–water partition coefficient (Wildman–Crippen LogP) is 4.52. The van der Waals surface area contributed by atoms with Gasteiger partial charge in [-0.2, -0.15) is 0 Å². The van der Waals surface area contributed by atoms with E-state index >= 15 is 0 Å². The summed E-state index contributed by atoms with van der Waals surface area (Å²) in [7, 11) is 1.62. The van der Waals surface area contributed by atoms with Gasteiger partial charge in [0.05, 0.1) is 5.69 Å². The molecule has 0 aliphatic carbocycles. The maximum atomic E-state index is 12.3. The second-order valence-electron chi connectivity index (χ2n) is 6.01. The van der Waals surface area contributed by atoms with E-state index in [0.717, 1.165) is 11.3 Å². The molecule has 6 heteroatoms. The van der Waals surface area contributed by atoms with E-state index < -0.39 is 12.2 Å². The van der Waals surface area contributed by atoms with Crippen LogP contribution >= 0.6 is 0 Å². The second kappa shape index (κ2) is 7.70. The van der Waals surface area contributed by atoms with E-state index in [2.05, 4.69) is 0 Å². The first kappa shape index (κ1) is 18.3. The van der Waals surface area contributed by atoms with Crippen molar-refractivity contribution in [2.75, 3.05) is 16.8 Å². The van der Waals surface area contributed by atoms with Gasteiger partial charge < -0.3 is 9.84 Å². The van der Waals surface area contributed by atoms with Gasteiger partial charge in [0, 0.05) is 24.8 Å². The minimum Gasteiger partial charge on any atom is -0.465 e. The highest BCUT2D eigenvalue weighted by atomic mass is 16.6. The van der Waals surface area contributed by atoms with Gasteiger partial charge in [-0.25, -0.2) is 9.59 Å². The fourth-order valence-corrected chi connectivity index (χ4v) is 2.44. The molecule has 132 valence electrons. The number of anilines is 2. The largest absolute Gasteiger partial charge is 0.465 e. The average molecular weight is 342 g/mol. The predicted molar refractivity (Wildman–Crippen MR) is 97.7 cm³/mol. The zero-order chi connectivity index (χ0) is 18.6. The molecule has 0 fully saturated rings. The van der Waals surface area contributed by atoms with Crippen molar-refractivity contribution < 1.29 is 19.4 Å². The molecule has 2 aromatic rings. The monoisotopic (exact) mass is 342 g/mol. The molecule has 2 amide bonds. The molecule has 2 aromatic carbocycles. The fourth-order valence-electron chi connectivity index (χ4n) is 2.44. The number of benzene rings is 2. The Morgan fingerprint density at radius 3 is 2.28 bits per heavy atom. The molecule has 0 atom stereocenters. The van der Waals surface area contributed by atoms with Crippen LogP contribution in [-0.2, 0) is 0 Å². The van der Waals surface area contributed by atoms with Crippen molar-refractivity contribution >= 4 is 23.6 Å². The molecule has 6 nitrogen and oxygen atoms in total. The Morgan fingerprint density at radius 1 is 1.04 bits per heavy atom. The van der Waals surface area contributed by atoms with Crippen molar-refractivity contribution in [3.8, 4) is 5.75 Å². The van der Waals surface area contributed by atoms with Crippen LogP contribution in [0.25, 0.3) is 0 Å². The summed E-state index contributed by atoms with van der Waals surface area (Å²) in [6.45, 7) is 5.50. The fraction of sp³-hybridized carbons (Fsp3) is 0.263. The minimum absolute atomic E-state index is 0.238. The third-order valence-corrected chi connectivity index (χ3v) is 3.69. The van der Waals surface area contributed by atoms with Crippen LogP contribution in [0.1, 0.15) is 19.4 Å². The van der Waals surface area contributed by atoms with E-state index in [9.17, 15) is 14.7 Å². The summed E-state index contributed by atoms with van der Waals surface area (Å²) in [4.78, 5) is 26.4. The number of carbonyl (C=O) groups excluding carboxylic acids is 1. The Morgan fingerprint density at radius 2 is 1.68 bits per heavy atom. The molecular weight excluding hydrogens is 320 g/mol. The summed E-state index contributed by atoms with van der Waals surface area (Å²) < 4.78 is 5.39. The lowest BCUT2D eigenvalue weighted by atomic mass is 10.2. The molecule has 1 N–H and O–H groups in total. The number of nitrogens with zero attached hydrogens (tertiary/aromatic N) is 2. The number of hydrogen-bond acceptors (Lipinski definition) is 3. The molecule has 0 saturated heterocycles. The van der Waals surface area contributed by atoms with Gasteiger partial charge in [-0.05, 0) is 50.6 Å². The van der Waals surface area contributed by atoms with E-state index in [1.807, 2.05) is 31.2 Å². The summed E-state index contributed by atoms with van der Waals surface area (Å²) in [5, 5.41) is 9.34. The topological polar surface area (TPSA) is 70.1 Å². The van der Waals surface area contributed by atoms with Crippen LogP contribution in [0.15, 0.2) is 48.5 Å². The lowest BCUT2D eigenvalue weighted by molar-refractivity contribution is 0.200. The number of rotatable bonds is 4. The molecule has 0 heterocycles. The van der Waals surface area contributed by atoms with Gasteiger partial charge >= 0.3 is 12.2 Å². The van der Waals surface area contributed by atoms with Crippen molar-refractivity contribution in [2.45, 2.75) is 26.8 Å². The number of amides is 2. The van der Waals surface area contributed by atoms with Gasteiger partial charge in [-0.3, -0.25) is 9.80 Å². The molecule has 0 aliphatic rings. The summed E-state index contributed by atoms with van der Waals surface area (Å²) in [6.07, 6.45) is -1.61. The van der Waals surface area contributed by atoms with E-state index in [-0.39, 0.29) is 11.8 Å². The van der Waals surface area contributed by atoms with Gasteiger partial charge in [0.1, 0.15) is 5.75 Å². The average Bonchev–Trinajstić information content (AvgIpc) is 2.53. The molecule has 2 rings (SSSR count). The zero-order valence-electron chi connectivity index (χ0n) is 14.8. The van der Waals surface area contributed by atoms with Crippen molar-refractivity contribution in [3.05, 3.63) is 54.1 Å². The Bertz CT molecular complexity index is 774. The van der Waals surface area contributed by atoms with E-state index in [4.69, 9.17) is 4.74 Å². The van der Waals surface area contributed by atoms with Gasteiger partial charge in [0.2, 0.25) is 0 Å². The quantitative estimate of drug-likeness (QED) is 0.886. The number of carbonyl (C=O) groups is 2. The third-order valence-electron chi connectivity index (χ3n) is 3.69. The van der Waals surface area contributed by atoms with Crippen LogP contribution < -0.4 is 14.5 Å². The van der Waals surface area contributed by atoms with Crippen LogP contribution in [-0.4, -0.2) is 30.4 Å². The van der Waals surface area contributed by atoms with Crippen molar-refractivity contribution in [1.82, 2.24) is 0 Å². The van der Waals surface area contributed by atoms with Crippen molar-refractivity contribution in [1.29, 1.82) is 0 Å². The molecule has 0 unspecified atom stereocenters. The lowest BCUT2D eigenvalue weighted by Gasteiger charge is -2.24. The Labute approximate surface area is 147 Å². The molecule has 0 bridgehead atoms. The highest BCUT2D eigenvalue weighted by Crippen LogP contribution is 2.24. The number of ether oxygens (including phenoxy) is 1. The number of aryl methyl sites for hydroxylation is 1. The Hall–Kier alpha value is -3.02. The molecule has 0 spiro atoms. The summed E-state index contributed by atoms with van der Waals surface area (Å²) in [5.41, 5.74) is 2.20. The van der Waals surface area contributed by atoms with E-state index in [1.165, 1.54) is 15.9 Å². The summed E-state index contributed by atoms with van der Waals surface area (Å²) >= 11 is 0. The first-order chi connectivity index (χ1) is 11.8. The maximum Gasteiger partial charge on any atom is 0.419 e. The van der Waals surface area contributed by atoms with Gasteiger partial charge in [-0.15, -0.1) is 0 Å². The van der Waals surface area contributed by atoms with Crippen LogP contribution in [0, 0.1) is 6.92 Å². The Balaban J connectivity index is 2.18. The molecule has 0 saturated carbocycles. The summed E-state index contributed by atoms with van der Waals surface area (Å²) in [5.74, 6) is 0.286. The molecule has 0 aliphatic heterocycles. The highest BCUT2D eigenvalue weighted by molar-refractivity contribution is 5.89. The first-order valence-corrected chi connectivity index (χ1v) is 7.94. The SMILES string of the molecule is Cc1cccc(N(C)C(=O)Oc2cccc(N(C(=O)O)C(C)C)c2)c1. The van der Waals surface area contributed by atoms with Gasteiger partial charge in [0.15, 0.2) is 0 Å². The van der Waals surface area contributed by atoms with Crippen LogP contribution in [0.4, 0.5) is 21.0 Å². The highest BCUT2D eigenvalue weighted by Gasteiger charge is 2.19. The number of carboxylic acid groups (broad SMARTS) is 1. The lowest BCUT2D eigenvalue weighted by Crippen LogP contribution is -2.35. The standard InChI is InChI=1S/C19H22N2O4/c1-13(2)21(18(22)23)16-9-6-10-17(12-16)25-19(24)20(4)15-8-5-7-14(3)11-15/h5-13H,1-4H3,(H,22,23). The first-order valence-electron chi connectivity index (χ1n) is 7.94. The van der Waals surface area contributed by atoms with Crippen molar-refractivity contribution in [2.24, 2.45) is 0 Å². The van der Waals surface area contributed by atoms with Crippen LogP contribution in [0.3, 0.4) is 0 Å². The molecule has 0 radical (unpaired) electrons. The third kappa shape index (κ3) is 4.50. The van der Waals surface area contributed by atoms with Crippen molar-refractivity contribution in [3.63, 3.8) is 0 Å². The number of hydrogen-bond donors (Lipinski definition) is 1. The molecular formula is C19H22N2O4. The smallest absolute Gasteiger partial charge is 0.419 e. The van der Waals surface area contributed by atoms with Gasteiger partial charge in [0.25, 0.3) is 0 Å². The molecule has 25 heavy (non-hydrogen) atoms. The second-order valence-corrected chi connectivity index (χ2v) is 6.01. The molecule has 0 aromatic heterocycles. The van der Waals surface area contributed by atoms with E-state index in [0.29, 0.717) is 5.69 Å². The Kier molecular flexibility index (Phi) is 5.64. The van der Waals surface area contributed by atoms with Crippen LogP contribution in [0.2, 0.25) is 0 Å².